The van der Waals surface area contributed by atoms with Crippen LogP contribution >= 0.6 is 0 Å². The van der Waals surface area contributed by atoms with Crippen LogP contribution in [0, 0.1) is 6.92 Å². The molecule has 6 heteroatoms. The van der Waals surface area contributed by atoms with Crippen LogP contribution in [0.2, 0.25) is 0 Å². The summed E-state index contributed by atoms with van der Waals surface area (Å²) in [5.41, 5.74) is 3.13. The molecule has 2 aromatic heterocycles. The molecule has 2 aromatic rings. The minimum Gasteiger partial charge on any atom is -0.350 e. The van der Waals surface area contributed by atoms with Crippen LogP contribution in [-0.4, -0.2) is 26.7 Å². The van der Waals surface area contributed by atoms with E-state index < -0.39 is 0 Å². The molecule has 3 N–H and O–H groups in total. The van der Waals surface area contributed by atoms with Gasteiger partial charge in [-0.25, -0.2) is 4.98 Å². The van der Waals surface area contributed by atoms with Crippen molar-refractivity contribution < 1.29 is 0 Å². The van der Waals surface area contributed by atoms with E-state index in [4.69, 9.17) is 0 Å². The molecule has 0 saturated heterocycles. The Morgan fingerprint density at radius 3 is 2.86 bits per heavy atom. The quantitative estimate of drug-likeness (QED) is 0.710. The van der Waals surface area contributed by atoms with Crippen molar-refractivity contribution in [1.29, 1.82) is 0 Å². The lowest BCUT2D eigenvalue weighted by Crippen LogP contribution is -2.08. The first-order valence-electron chi connectivity index (χ1n) is 7.16. The summed E-state index contributed by atoms with van der Waals surface area (Å²) in [6.07, 6.45) is 2.51. The van der Waals surface area contributed by atoms with Gasteiger partial charge in [-0.2, -0.15) is 10.1 Å². The average molecular weight is 284 g/mol. The van der Waals surface area contributed by atoms with Crippen LogP contribution < -0.4 is 10.6 Å². The monoisotopic (exact) mass is 284 g/mol. The molecule has 1 aliphatic rings. The third-order valence-electron chi connectivity index (χ3n) is 3.27. The van der Waals surface area contributed by atoms with Crippen LogP contribution in [-0.2, 0) is 0 Å². The molecule has 21 heavy (non-hydrogen) atoms. The summed E-state index contributed by atoms with van der Waals surface area (Å²) in [4.78, 5) is 8.80. The van der Waals surface area contributed by atoms with Gasteiger partial charge in [-0.05, 0) is 26.7 Å². The van der Waals surface area contributed by atoms with Crippen LogP contribution in [0.4, 0.5) is 17.6 Å². The number of hydrogen-bond acceptors (Lipinski definition) is 5. The topological polar surface area (TPSA) is 78.5 Å². The van der Waals surface area contributed by atoms with Gasteiger partial charge in [-0.3, -0.25) is 5.10 Å². The number of H-pyrrole nitrogens is 1. The molecule has 0 bridgehead atoms. The molecule has 1 aliphatic carbocycles. The molecule has 6 nitrogen and oxygen atoms in total. The normalized spacial score (nSPS) is 14.0. The van der Waals surface area contributed by atoms with E-state index in [2.05, 4.69) is 43.4 Å². The molecule has 2 heterocycles. The zero-order valence-electron chi connectivity index (χ0n) is 12.4. The lowest BCUT2D eigenvalue weighted by atomic mass is 10.3. The average Bonchev–Trinajstić information content (AvgIpc) is 3.17. The Morgan fingerprint density at radius 1 is 1.33 bits per heavy atom. The molecular weight excluding hydrogens is 264 g/mol. The van der Waals surface area contributed by atoms with Crippen molar-refractivity contribution in [2.45, 2.75) is 32.6 Å². The molecule has 1 saturated carbocycles. The van der Waals surface area contributed by atoms with Gasteiger partial charge in [-0.1, -0.05) is 12.2 Å². The summed E-state index contributed by atoms with van der Waals surface area (Å²) in [6, 6.07) is 3.95. The minimum absolute atomic E-state index is 0.596. The van der Waals surface area contributed by atoms with Gasteiger partial charge in [0.2, 0.25) is 5.95 Å². The molecule has 0 radical (unpaired) electrons. The zero-order valence-corrected chi connectivity index (χ0v) is 12.4. The largest absolute Gasteiger partial charge is 0.350 e. The third-order valence-corrected chi connectivity index (χ3v) is 3.27. The van der Waals surface area contributed by atoms with Gasteiger partial charge in [0.25, 0.3) is 0 Å². The summed E-state index contributed by atoms with van der Waals surface area (Å²) >= 11 is 0. The van der Waals surface area contributed by atoms with Crippen molar-refractivity contribution in [1.82, 2.24) is 20.2 Å². The van der Waals surface area contributed by atoms with E-state index in [1.54, 1.807) is 0 Å². The molecule has 0 atom stereocenters. The maximum atomic E-state index is 4.44. The van der Waals surface area contributed by atoms with Crippen molar-refractivity contribution in [3.63, 3.8) is 0 Å². The van der Waals surface area contributed by atoms with E-state index in [-0.39, 0.29) is 0 Å². The number of rotatable bonds is 6. The van der Waals surface area contributed by atoms with E-state index in [0.29, 0.717) is 18.4 Å². The lowest BCUT2D eigenvalue weighted by molar-refractivity contribution is 0.966. The first-order chi connectivity index (χ1) is 10.1. The van der Waals surface area contributed by atoms with Gasteiger partial charge >= 0.3 is 0 Å². The summed E-state index contributed by atoms with van der Waals surface area (Å²) in [5, 5.41) is 13.7. The predicted molar refractivity (Wildman–Crippen MR) is 83.9 cm³/mol. The van der Waals surface area contributed by atoms with Gasteiger partial charge in [0.15, 0.2) is 5.82 Å². The third kappa shape index (κ3) is 3.59. The lowest BCUT2D eigenvalue weighted by Gasteiger charge is -2.08. The number of nitrogens with one attached hydrogen (secondary N) is 3. The summed E-state index contributed by atoms with van der Waals surface area (Å²) < 4.78 is 0. The summed E-state index contributed by atoms with van der Waals surface area (Å²) in [6.45, 7) is 8.43. The zero-order chi connectivity index (χ0) is 14.8. The highest BCUT2D eigenvalue weighted by Crippen LogP contribution is 2.39. The molecule has 1 fully saturated rings. The highest BCUT2D eigenvalue weighted by Gasteiger charge is 2.25. The van der Waals surface area contributed by atoms with Gasteiger partial charge < -0.3 is 10.6 Å². The van der Waals surface area contributed by atoms with Crippen LogP contribution in [0.3, 0.4) is 0 Å². The van der Waals surface area contributed by atoms with Crippen LogP contribution in [0.1, 0.15) is 37.1 Å². The van der Waals surface area contributed by atoms with Gasteiger partial charge in [-0.15, -0.1) is 0 Å². The highest BCUT2D eigenvalue weighted by atomic mass is 15.2. The highest BCUT2D eigenvalue weighted by molar-refractivity contribution is 5.54. The molecule has 0 aromatic carbocycles. The van der Waals surface area contributed by atoms with Crippen LogP contribution in [0.5, 0.6) is 0 Å². The maximum absolute atomic E-state index is 4.44. The molecule has 0 amide bonds. The molecule has 110 valence electrons. The van der Waals surface area contributed by atoms with E-state index in [0.717, 1.165) is 22.9 Å². The molecule has 0 spiro atoms. The smallest absolute Gasteiger partial charge is 0.225 e. The number of anilines is 3. The van der Waals surface area contributed by atoms with Crippen molar-refractivity contribution in [3.05, 3.63) is 35.7 Å². The van der Waals surface area contributed by atoms with Crippen molar-refractivity contribution in [2.24, 2.45) is 0 Å². The summed E-state index contributed by atoms with van der Waals surface area (Å²) in [7, 11) is 0. The first-order valence-corrected chi connectivity index (χ1v) is 7.16. The fraction of sp³-hybridized carbons (Fsp3) is 0.400. The fourth-order valence-electron chi connectivity index (χ4n) is 2.08. The van der Waals surface area contributed by atoms with Gasteiger partial charge in [0, 0.05) is 36.0 Å². The Labute approximate surface area is 124 Å². The second-order valence-corrected chi connectivity index (χ2v) is 5.64. The van der Waals surface area contributed by atoms with E-state index in [1.807, 2.05) is 19.9 Å². The second-order valence-electron chi connectivity index (χ2n) is 5.64. The molecular formula is C15H20N6. The number of hydrogen-bond donors (Lipinski definition) is 3. The Bertz CT molecular complexity index is 656. The minimum atomic E-state index is 0.596. The molecule has 0 unspecified atom stereocenters. The Hall–Kier alpha value is -2.37. The first kappa shape index (κ1) is 13.6. The SMILES string of the molecule is C=C(C)CNc1nc(C)cc(Nc2cc(C3CC3)[nH]n2)n1. The Balaban J connectivity index is 1.72. The van der Waals surface area contributed by atoms with E-state index >= 15 is 0 Å². The number of aromatic nitrogens is 4. The Kier molecular flexibility index (Phi) is 3.60. The van der Waals surface area contributed by atoms with Gasteiger partial charge in [0.1, 0.15) is 5.82 Å². The van der Waals surface area contributed by atoms with Crippen LogP contribution in [0.25, 0.3) is 0 Å². The molecule has 0 aliphatic heterocycles. The summed E-state index contributed by atoms with van der Waals surface area (Å²) in [5.74, 6) is 2.79. The second kappa shape index (κ2) is 5.55. The number of nitrogens with zero attached hydrogens (tertiary/aromatic N) is 3. The van der Waals surface area contributed by atoms with E-state index in [1.165, 1.54) is 18.5 Å². The van der Waals surface area contributed by atoms with E-state index in [9.17, 15) is 0 Å². The van der Waals surface area contributed by atoms with Gasteiger partial charge in [0.05, 0.1) is 0 Å². The van der Waals surface area contributed by atoms with Crippen LogP contribution in [0.15, 0.2) is 24.3 Å². The van der Waals surface area contributed by atoms with Crippen molar-refractivity contribution >= 4 is 17.6 Å². The van der Waals surface area contributed by atoms with Crippen molar-refractivity contribution in [3.8, 4) is 0 Å². The Morgan fingerprint density at radius 2 is 2.14 bits per heavy atom. The number of aryl methyl sites for hydroxylation is 1. The fourth-order valence-corrected chi connectivity index (χ4v) is 2.08. The standard InChI is InChI=1S/C15H20N6/c1-9(2)8-16-15-17-10(3)6-13(19-15)18-14-7-12(20-21-14)11-4-5-11/h6-7,11H,1,4-5,8H2,2-3H3,(H3,16,17,18,19,20,21). The van der Waals surface area contributed by atoms with Crippen molar-refractivity contribution in [2.75, 3.05) is 17.2 Å². The maximum Gasteiger partial charge on any atom is 0.225 e. The predicted octanol–water partition coefficient (Wildman–Crippen LogP) is 3.12. The number of aromatic amines is 1. The molecule has 3 rings (SSSR count).